The molecule has 0 aliphatic heterocycles. The zero-order valence-corrected chi connectivity index (χ0v) is 16.9. The zero-order chi connectivity index (χ0) is 20.9. The van der Waals surface area contributed by atoms with Crippen molar-refractivity contribution in [3.05, 3.63) is 53.5 Å². The van der Waals surface area contributed by atoms with Gasteiger partial charge in [0.05, 0.1) is 4.90 Å². The van der Waals surface area contributed by atoms with Crippen LogP contribution in [-0.4, -0.2) is 45.3 Å². The number of anilines is 1. The molecule has 9 heteroatoms. The van der Waals surface area contributed by atoms with E-state index in [2.05, 4.69) is 5.32 Å². The van der Waals surface area contributed by atoms with Crippen molar-refractivity contribution in [2.24, 2.45) is 0 Å². The summed E-state index contributed by atoms with van der Waals surface area (Å²) in [6.07, 6.45) is 2.59. The highest BCUT2D eigenvalue weighted by Crippen LogP contribution is 2.22. The number of carbonyl (C=O) groups is 2. The number of nitrogens with zero attached hydrogens (tertiary/aromatic N) is 1. The smallest absolute Gasteiger partial charge is 0.331 e. The van der Waals surface area contributed by atoms with Crippen molar-refractivity contribution >= 4 is 33.7 Å². The number of ether oxygens (including phenoxy) is 1. The van der Waals surface area contributed by atoms with Gasteiger partial charge in [-0.05, 0) is 49.8 Å². The molecule has 0 bridgehead atoms. The Balaban J connectivity index is 1.96. The lowest BCUT2D eigenvalue weighted by Gasteiger charge is -2.15. The molecule has 0 aliphatic rings. The molecule has 2 rings (SSSR count). The molecule has 0 aliphatic carbocycles. The molecule has 8 nitrogen and oxygen atoms in total. The summed E-state index contributed by atoms with van der Waals surface area (Å²) in [5.74, 6) is -0.0917. The Labute approximate surface area is 163 Å². The van der Waals surface area contributed by atoms with Crippen molar-refractivity contribution in [2.45, 2.75) is 18.7 Å². The molecule has 1 aromatic heterocycles. The molecule has 1 amide bonds. The summed E-state index contributed by atoms with van der Waals surface area (Å²) in [7, 11) is -0.790. The van der Waals surface area contributed by atoms with E-state index >= 15 is 0 Å². The fourth-order valence-corrected chi connectivity index (χ4v) is 3.37. The highest BCUT2D eigenvalue weighted by atomic mass is 32.2. The normalized spacial score (nSPS) is 11.8. The number of sulfonamides is 1. The third-order valence-corrected chi connectivity index (χ3v) is 5.68. The van der Waals surface area contributed by atoms with Crippen LogP contribution in [0.2, 0.25) is 0 Å². The number of esters is 1. The molecular weight excluding hydrogens is 384 g/mol. The largest absolute Gasteiger partial charge is 0.462 e. The van der Waals surface area contributed by atoms with E-state index < -0.39 is 28.5 Å². The minimum absolute atomic E-state index is 0.0870. The number of carbonyl (C=O) groups excluding carboxylic acids is 2. The number of aryl methyl sites for hydroxylation is 2. The third-order valence-electron chi connectivity index (χ3n) is 3.72. The van der Waals surface area contributed by atoms with E-state index in [0.29, 0.717) is 17.1 Å². The number of nitrogens with one attached hydrogen (secondary N) is 1. The summed E-state index contributed by atoms with van der Waals surface area (Å²) in [6.45, 7) is 2.93. The van der Waals surface area contributed by atoms with Gasteiger partial charge in [0.25, 0.3) is 5.91 Å². The topological polar surface area (TPSA) is 106 Å². The van der Waals surface area contributed by atoms with Gasteiger partial charge in [-0.1, -0.05) is 6.07 Å². The Morgan fingerprint density at radius 3 is 2.50 bits per heavy atom. The molecule has 2 aromatic rings. The zero-order valence-electron chi connectivity index (χ0n) is 16.1. The standard InChI is InChI=1S/C19H22N2O6S/c1-13-5-7-15(11-17(13)28(24,25)21(3)4)20-18(22)12-26-19(23)10-9-16-8-6-14(2)27-16/h5-11H,12H2,1-4H3,(H,20,22)/b10-9+. The number of benzene rings is 1. The summed E-state index contributed by atoms with van der Waals surface area (Å²) < 4.78 is 35.9. The molecule has 0 saturated carbocycles. The summed E-state index contributed by atoms with van der Waals surface area (Å²) in [4.78, 5) is 23.7. The van der Waals surface area contributed by atoms with Gasteiger partial charge in [-0.15, -0.1) is 0 Å². The van der Waals surface area contributed by atoms with E-state index in [9.17, 15) is 18.0 Å². The second-order valence-corrected chi connectivity index (χ2v) is 8.33. The SMILES string of the molecule is Cc1ccc(/C=C/C(=O)OCC(=O)Nc2ccc(C)c(S(=O)(=O)N(C)C)c2)o1. The monoisotopic (exact) mass is 406 g/mol. The van der Waals surface area contributed by atoms with Crippen molar-refractivity contribution < 1.29 is 27.2 Å². The fraction of sp³-hybridized carbons (Fsp3) is 0.263. The second kappa shape index (κ2) is 8.85. The summed E-state index contributed by atoms with van der Waals surface area (Å²) in [6, 6.07) is 7.98. The average molecular weight is 406 g/mol. The maximum atomic E-state index is 12.3. The van der Waals surface area contributed by atoms with Crippen LogP contribution in [0.5, 0.6) is 0 Å². The predicted molar refractivity (Wildman–Crippen MR) is 104 cm³/mol. The van der Waals surface area contributed by atoms with Gasteiger partial charge >= 0.3 is 5.97 Å². The Hall–Kier alpha value is -2.91. The highest BCUT2D eigenvalue weighted by molar-refractivity contribution is 7.89. The van der Waals surface area contributed by atoms with Crippen LogP contribution in [0, 0.1) is 13.8 Å². The molecular formula is C19H22N2O6S. The average Bonchev–Trinajstić information content (AvgIpc) is 3.05. The minimum atomic E-state index is -3.64. The number of furan rings is 1. The van der Waals surface area contributed by atoms with E-state index in [0.717, 1.165) is 10.4 Å². The van der Waals surface area contributed by atoms with E-state index in [1.807, 2.05) is 0 Å². The van der Waals surface area contributed by atoms with Crippen LogP contribution >= 0.6 is 0 Å². The quantitative estimate of drug-likeness (QED) is 0.559. The molecule has 0 atom stereocenters. The Morgan fingerprint density at radius 1 is 1.18 bits per heavy atom. The fourth-order valence-electron chi connectivity index (χ4n) is 2.23. The molecule has 0 saturated heterocycles. The van der Waals surface area contributed by atoms with Gasteiger partial charge < -0.3 is 14.5 Å². The van der Waals surface area contributed by atoms with E-state index in [4.69, 9.17) is 9.15 Å². The van der Waals surface area contributed by atoms with Gasteiger partial charge in [-0.3, -0.25) is 4.79 Å². The van der Waals surface area contributed by atoms with E-state index in [1.165, 1.54) is 26.2 Å². The second-order valence-electron chi connectivity index (χ2n) is 6.21. The third kappa shape index (κ3) is 5.54. The van der Waals surface area contributed by atoms with Crippen LogP contribution < -0.4 is 5.32 Å². The molecule has 1 N–H and O–H groups in total. The van der Waals surface area contributed by atoms with Crippen molar-refractivity contribution in [3.8, 4) is 0 Å². The predicted octanol–water partition coefficient (Wildman–Crippen LogP) is 2.34. The number of amides is 1. The molecule has 0 spiro atoms. The first-order valence-electron chi connectivity index (χ1n) is 8.34. The van der Waals surface area contributed by atoms with Crippen molar-refractivity contribution in [1.29, 1.82) is 0 Å². The van der Waals surface area contributed by atoms with E-state index in [-0.39, 0.29) is 10.6 Å². The lowest BCUT2D eigenvalue weighted by atomic mass is 10.2. The van der Waals surface area contributed by atoms with Crippen LogP contribution in [0.15, 0.2) is 45.7 Å². The van der Waals surface area contributed by atoms with Gasteiger partial charge in [-0.2, -0.15) is 0 Å². The lowest BCUT2D eigenvalue weighted by molar-refractivity contribution is -0.142. The first-order chi connectivity index (χ1) is 13.1. The molecule has 0 unspecified atom stereocenters. The number of hydrogen-bond donors (Lipinski definition) is 1. The van der Waals surface area contributed by atoms with E-state index in [1.54, 1.807) is 38.1 Å². The number of rotatable bonds is 7. The Kier molecular flexibility index (Phi) is 6.76. The van der Waals surface area contributed by atoms with Gasteiger partial charge in [0, 0.05) is 25.9 Å². The first kappa shape index (κ1) is 21.4. The van der Waals surface area contributed by atoms with Crippen molar-refractivity contribution in [1.82, 2.24) is 4.31 Å². The van der Waals surface area contributed by atoms with Crippen LogP contribution in [0.4, 0.5) is 5.69 Å². The molecule has 28 heavy (non-hydrogen) atoms. The first-order valence-corrected chi connectivity index (χ1v) is 9.78. The van der Waals surface area contributed by atoms with Gasteiger partial charge in [0.2, 0.25) is 10.0 Å². The van der Waals surface area contributed by atoms with Crippen LogP contribution in [0.1, 0.15) is 17.1 Å². The maximum Gasteiger partial charge on any atom is 0.331 e. The molecule has 1 heterocycles. The molecule has 150 valence electrons. The Bertz CT molecular complexity index is 1010. The maximum absolute atomic E-state index is 12.3. The highest BCUT2D eigenvalue weighted by Gasteiger charge is 2.20. The van der Waals surface area contributed by atoms with Crippen molar-refractivity contribution in [3.63, 3.8) is 0 Å². The minimum Gasteiger partial charge on any atom is -0.462 e. The number of hydrogen-bond acceptors (Lipinski definition) is 6. The Morgan fingerprint density at radius 2 is 1.89 bits per heavy atom. The van der Waals surface area contributed by atoms with Crippen molar-refractivity contribution in [2.75, 3.05) is 26.0 Å². The summed E-state index contributed by atoms with van der Waals surface area (Å²) in [5.41, 5.74) is 0.838. The lowest BCUT2D eigenvalue weighted by Crippen LogP contribution is -2.24. The molecule has 0 radical (unpaired) electrons. The van der Waals surface area contributed by atoms with Gasteiger partial charge in [0.15, 0.2) is 6.61 Å². The van der Waals surface area contributed by atoms with Crippen LogP contribution in [0.3, 0.4) is 0 Å². The summed E-state index contributed by atoms with van der Waals surface area (Å²) >= 11 is 0. The van der Waals surface area contributed by atoms with Gasteiger partial charge in [0.1, 0.15) is 11.5 Å². The molecule has 1 aromatic carbocycles. The van der Waals surface area contributed by atoms with Crippen LogP contribution in [0.25, 0.3) is 6.08 Å². The summed E-state index contributed by atoms with van der Waals surface area (Å²) in [5, 5.41) is 2.51. The van der Waals surface area contributed by atoms with Crippen LogP contribution in [-0.2, 0) is 24.3 Å². The van der Waals surface area contributed by atoms with Gasteiger partial charge in [-0.25, -0.2) is 17.5 Å². The molecule has 0 fully saturated rings.